The lowest BCUT2D eigenvalue weighted by atomic mass is 10.1. The molecule has 1 fully saturated rings. The van der Waals surface area contributed by atoms with Crippen molar-refractivity contribution in [2.75, 3.05) is 13.7 Å². The van der Waals surface area contributed by atoms with Crippen LogP contribution >= 0.6 is 0 Å². The van der Waals surface area contributed by atoms with Gasteiger partial charge >= 0.3 is 5.97 Å². The van der Waals surface area contributed by atoms with Crippen LogP contribution in [0.4, 0.5) is 0 Å². The van der Waals surface area contributed by atoms with Crippen LogP contribution in [0.2, 0.25) is 0 Å². The van der Waals surface area contributed by atoms with Gasteiger partial charge in [-0.2, -0.15) is 0 Å². The Kier molecular flexibility index (Phi) is 5.06. The van der Waals surface area contributed by atoms with E-state index >= 15 is 0 Å². The standard InChI is InChI=1S/C14H17NO5/c1-18-14(16)13(15-17)10-6-2-3-7-11(10)20-12-8-4-5-9-19-12/h2-3,6-7,12-13H,4-5,8-9H2,1H3. The molecule has 2 rings (SSSR count). The molecule has 0 bridgehead atoms. The largest absolute Gasteiger partial charge is 0.467 e. The molecular weight excluding hydrogens is 262 g/mol. The zero-order chi connectivity index (χ0) is 14.4. The molecule has 0 aliphatic carbocycles. The molecule has 1 aliphatic heterocycles. The second-order valence-corrected chi connectivity index (χ2v) is 4.48. The van der Waals surface area contributed by atoms with E-state index in [9.17, 15) is 9.70 Å². The van der Waals surface area contributed by atoms with Crippen molar-refractivity contribution < 1.29 is 19.0 Å². The summed E-state index contributed by atoms with van der Waals surface area (Å²) in [6.07, 6.45) is 2.47. The summed E-state index contributed by atoms with van der Waals surface area (Å²) in [4.78, 5) is 22.5. The van der Waals surface area contributed by atoms with Crippen LogP contribution in [0.3, 0.4) is 0 Å². The molecule has 0 spiro atoms. The molecule has 0 aromatic heterocycles. The number of ether oxygens (including phenoxy) is 3. The lowest BCUT2D eigenvalue weighted by Crippen LogP contribution is -2.26. The first-order valence-corrected chi connectivity index (χ1v) is 6.53. The van der Waals surface area contributed by atoms with Gasteiger partial charge in [-0.3, -0.25) is 0 Å². The zero-order valence-corrected chi connectivity index (χ0v) is 11.3. The van der Waals surface area contributed by atoms with Crippen LogP contribution < -0.4 is 4.74 Å². The molecule has 0 saturated carbocycles. The number of nitroso groups, excluding NO2 is 1. The summed E-state index contributed by atoms with van der Waals surface area (Å²) < 4.78 is 15.8. The highest BCUT2D eigenvalue weighted by Gasteiger charge is 2.27. The topological polar surface area (TPSA) is 74.2 Å². The Morgan fingerprint density at radius 2 is 2.20 bits per heavy atom. The molecule has 1 aliphatic rings. The van der Waals surface area contributed by atoms with E-state index in [1.165, 1.54) is 7.11 Å². The van der Waals surface area contributed by atoms with Crippen LogP contribution in [0.1, 0.15) is 30.9 Å². The van der Waals surface area contributed by atoms with Gasteiger partial charge in [0.15, 0.2) is 6.29 Å². The van der Waals surface area contributed by atoms with Crippen molar-refractivity contribution in [1.82, 2.24) is 0 Å². The maximum Gasteiger partial charge on any atom is 0.339 e. The molecule has 20 heavy (non-hydrogen) atoms. The Hall–Kier alpha value is -1.95. The second kappa shape index (κ2) is 7.00. The molecule has 108 valence electrons. The van der Waals surface area contributed by atoms with Gasteiger partial charge in [0, 0.05) is 12.0 Å². The Labute approximate surface area is 117 Å². The Balaban J connectivity index is 2.20. The summed E-state index contributed by atoms with van der Waals surface area (Å²) in [5, 5.41) is 2.84. The second-order valence-electron chi connectivity index (χ2n) is 4.48. The van der Waals surface area contributed by atoms with E-state index in [-0.39, 0.29) is 6.29 Å². The smallest absolute Gasteiger partial charge is 0.339 e. The van der Waals surface area contributed by atoms with Crippen LogP contribution in [0.5, 0.6) is 5.75 Å². The molecule has 1 heterocycles. The number of methoxy groups -OCH3 is 1. The maximum absolute atomic E-state index is 11.6. The lowest BCUT2D eigenvalue weighted by molar-refractivity contribution is -0.142. The lowest BCUT2D eigenvalue weighted by Gasteiger charge is -2.25. The number of para-hydroxylation sites is 1. The minimum atomic E-state index is -1.22. The fourth-order valence-corrected chi connectivity index (χ4v) is 2.10. The van der Waals surface area contributed by atoms with E-state index in [0.29, 0.717) is 17.9 Å². The summed E-state index contributed by atoms with van der Waals surface area (Å²) in [7, 11) is 1.22. The summed E-state index contributed by atoms with van der Waals surface area (Å²) in [6, 6.07) is 5.57. The summed E-state index contributed by atoms with van der Waals surface area (Å²) in [5.74, 6) is -0.282. The van der Waals surface area contributed by atoms with E-state index in [4.69, 9.17) is 9.47 Å². The molecule has 1 aromatic carbocycles. The Bertz CT molecular complexity index is 470. The minimum Gasteiger partial charge on any atom is -0.467 e. The summed E-state index contributed by atoms with van der Waals surface area (Å²) in [5.41, 5.74) is 0.392. The van der Waals surface area contributed by atoms with E-state index in [1.54, 1.807) is 24.3 Å². The molecule has 0 radical (unpaired) electrons. The third-order valence-electron chi connectivity index (χ3n) is 3.14. The number of hydrogen-bond acceptors (Lipinski definition) is 6. The van der Waals surface area contributed by atoms with Crippen molar-refractivity contribution in [2.45, 2.75) is 31.6 Å². The van der Waals surface area contributed by atoms with Gasteiger partial charge in [-0.25, -0.2) is 4.79 Å². The van der Waals surface area contributed by atoms with E-state index in [0.717, 1.165) is 19.3 Å². The third-order valence-corrected chi connectivity index (χ3v) is 3.14. The Morgan fingerprint density at radius 1 is 1.40 bits per heavy atom. The molecule has 0 N–H and O–H groups in total. The number of benzene rings is 1. The SMILES string of the molecule is COC(=O)C(N=O)c1ccccc1OC1CCCCO1. The molecule has 6 nitrogen and oxygen atoms in total. The Morgan fingerprint density at radius 3 is 2.85 bits per heavy atom. The highest BCUT2D eigenvalue weighted by Crippen LogP contribution is 2.30. The van der Waals surface area contributed by atoms with Crippen molar-refractivity contribution >= 4 is 5.97 Å². The molecule has 2 atom stereocenters. The van der Waals surface area contributed by atoms with Crippen molar-refractivity contribution in [1.29, 1.82) is 0 Å². The minimum absolute atomic E-state index is 0.352. The highest BCUT2D eigenvalue weighted by atomic mass is 16.7. The fourth-order valence-electron chi connectivity index (χ4n) is 2.10. The number of nitrogens with zero attached hydrogens (tertiary/aromatic N) is 1. The van der Waals surface area contributed by atoms with Gasteiger partial charge in [-0.1, -0.05) is 18.2 Å². The number of carbonyl (C=O) groups excluding carboxylic acids is 1. The monoisotopic (exact) mass is 279 g/mol. The van der Waals surface area contributed by atoms with Crippen LogP contribution in [-0.2, 0) is 14.3 Å². The van der Waals surface area contributed by atoms with E-state index in [1.807, 2.05) is 0 Å². The first-order valence-electron chi connectivity index (χ1n) is 6.53. The van der Waals surface area contributed by atoms with Crippen molar-refractivity contribution in [2.24, 2.45) is 5.18 Å². The molecule has 1 saturated heterocycles. The number of esters is 1. The van der Waals surface area contributed by atoms with Gasteiger partial charge in [0.1, 0.15) is 5.75 Å². The fraction of sp³-hybridized carbons (Fsp3) is 0.500. The molecule has 6 heteroatoms. The van der Waals surface area contributed by atoms with Gasteiger partial charge in [-0.15, -0.1) is 4.91 Å². The number of hydrogen-bond donors (Lipinski definition) is 0. The van der Waals surface area contributed by atoms with Gasteiger partial charge < -0.3 is 14.2 Å². The highest BCUT2D eigenvalue weighted by molar-refractivity contribution is 5.78. The average molecular weight is 279 g/mol. The number of rotatable bonds is 5. The van der Waals surface area contributed by atoms with Gasteiger partial charge in [-0.05, 0) is 24.1 Å². The van der Waals surface area contributed by atoms with E-state index < -0.39 is 12.0 Å². The average Bonchev–Trinajstić information content (AvgIpc) is 2.50. The summed E-state index contributed by atoms with van der Waals surface area (Å²) >= 11 is 0. The predicted molar refractivity (Wildman–Crippen MR) is 71.2 cm³/mol. The predicted octanol–water partition coefficient (Wildman–Crippen LogP) is 2.57. The summed E-state index contributed by atoms with van der Waals surface area (Å²) in [6.45, 7) is 0.652. The molecule has 0 amide bonds. The van der Waals surface area contributed by atoms with Crippen LogP contribution in [-0.4, -0.2) is 26.0 Å². The van der Waals surface area contributed by atoms with Gasteiger partial charge in [0.2, 0.25) is 6.04 Å². The van der Waals surface area contributed by atoms with Crippen molar-refractivity contribution in [3.05, 3.63) is 34.7 Å². The molecular formula is C14H17NO5. The van der Waals surface area contributed by atoms with Crippen LogP contribution in [0, 0.1) is 4.91 Å². The van der Waals surface area contributed by atoms with Crippen molar-refractivity contribution in [3.8, 4) is 5.75 Å². The molecule has 1 aromatic rings. The van der Waals surface area contributed by atoms with E-state index in [2.05, 4.69) is 9.91 Å². The first-order chi connectivity index (χ1) is 9.76. The quantitative estimate of drug-likeness (QED) is 0.611. The number of carbonyl (C=O) groups is 1. The molecule has 2 unspecified atom stereocenters. The van der Waals surface area contributed by atoms with Crippen LogP contribution in [0.25, 0.3) is 0 Å². The van der Waals surface area contributed by atoms with Crippen LogP contribution in [0.15, 0.2) is 29.4 Å². The van der Waals surface area contributed by atoms with Gasteiger partial charge in [0.25, 0.3) is 0 Å². The maximum atomic E-state index is 11.6. The zero-order valence-electron chi connectivity index (χ0n) is 11.3. The van der Waals surface area contributed by atoms with Crippen molar-refractivity contribution in [3.63, 3.8) is 0 Å². The third kappa shape index (κ3) is 3.33. The normalized spacial score (nSPS) is 19.9. The van der Waals surface area contributed by atoms with Gasteiger partial charge in [0.05, 0.1) is 13.7 Å². The first kappa shape index (κ1) is 14.5.